The van der Waals surface area contributed by atoms with Crippen molar-refractivity contribution in [3.63, 3.8) is 0 Å². The molecular formula is C17H15FN4. The van der Waals surface area contributed by atoms with Crippen LogP contribution in [-0.2, 0) is 6.54 Å². The predicted octanol–water partition coefficient (Wildman–Crippen LogP) is 3.97. The zero-order chi connectivity index (χ0) is 15.2. The maximum atomic E-state index is 13.2. The average Bonchev–Trinajstić information content (AvgIpc) is 2.54. The van der Waals surface area contributed by atoms with E-state index in [1.165, 1.54) is 24.0 Å². The van der Waals surface area contributed by atoms with Gasteiger partial charge in [-0.25, -0.2) is 14.4 Å². The lowest BCUT2D eigenvalue weighted by Gasteiger charge is -2.09. The molecule has 0 radical (unpaired) electrons. The highest BCUT2D eigenvalue weighted by molar-refractivity contribution is 5.58. The lowest BCUT2D eigenvalue weighted by Crippen LogP contribution is -2.03. The minimum absolute atomic E-state index is 0.290. The van der Waals surface area contributed by atoms with Crippen LogP contribution in [0.25, 0.3) is 0 Å². The molecule has 3 aromatic rings. The van der Waals surface area contributed by atoms with Gasteiger partial charge in [0.05, 0.1) is 0 Å². The number of hydrogen-bond donors (Lipinski definition) is 2. The third-order valence-electron chi connectivity index (χ3n) is 3.08. The minimum Gasteiger partial charge on any atom is -0.366 e. The SMILES string of the molecule is Fc1cccc(Nc2cc(NCc3ccccc3)ncn2)c1. The number of anilines is 3. The van der Waals surface area contributed by atoms with Crippen LogP contribution in [0.3, 0.4) is 0 Å². The standard InChI is InChI=1S/C17H15FN4/c18-14-7-4-8-15(9-14)22-17-10-16(20-12-21-17)19-11-13-5-2-1-3-6-13/h1-10,12H,11H2,(H2,19,20,21,22). The topological polar surface area (TPSA) is 49.8 Å². The van der Waals surface area contributed by atoms with Gasteiger partial charge in [-0.2, -0.15) is 0 Å². The molecule has 4 nitrogen and oxygen atoms in total. The second-order valence-electron chi connectivity index (χ2n) is 4.76. The van der Waals surface area contributed by atoms with Gasteiger partial charge in [-0.1, -0.05) is 36.4 Å². The van der Waals surface area contributed by atoms with Crippen molar-refractivity contribution in [2.24, 2.45) is 0 Å². The minimum atomic E-state index is -0.290. The summed E-state index contributed by atoms with van der Waals surface area (Å²) in [4.78, 5) is 8.31. The van der Waals surface area contributed by atoms with E-state index in [0.29, 0.717) is 23.9 Å². The molecule has 110 valence electrons. The molecule has 0 saturated carbocycles. The molecule has 3 rings (SSSR count). The molecule has 0 aliphatic rings. The molecular weight excluding hydrogens is 279 g/mol. The smallest absolute Gasteiger partial charge is 0.135 e. The van der Waals surface area contributed by atoms with Gasteiger partial charge in [0.15, 0.2) is 0 Å². The molecule has 5 heteroatoms. The number of nitrogens with zero attached hydrogens (tertiary/aromatic N) is 2. The lowest BCUT2D eigenvalue weighted by atomic mass is 10.2. The van der Waals surface area contributed by atoms with E-state index in [2.05, 4.69) is 20.6 Å². The van der Waals surface area contributed by atoms with Gasteiger partial charge in [0, 0.05) is 18.3 Å². The normalized spacial score (nSPS) is 10.2. The highest BCUT2D eigenvalue weighted by atomic mass is 19.1. The van der Waals surface area contributed by atoms with E-state index in [4.69, 9.17) is 0 Å². The predicted molar refractivity (Wildman–Crippen MR) is 85.5 cm³/mol. The quantitative estimate of drug-likeness (QED) is 0.747. The summed E-state index contributed by atoms with van der Waals surface area (Å²) in [6, 6.07) is 18.1. The summed E-state index contributed by atoms with van der Waals surface area (Å²) < 4.78 is 13.2. The second-order valence-corrected chi connectivity index (χ2v) is 4.76. The van der Waals surface area contributed by atoms with E-state index in [9.17, 15) is 4.39 Å². The van der Waals surface area contributed by atoms with E-state index in [1.807, 2.05) is 30.3 Å². The summed E-state index contributed by atoms with van der Waals surface area (Å²) in [5, 5.41) is 6.29. The van der Waals surface area contributed by atoms with E-state index in [-0.39, 0.29) is 5.82 Å². The van der Waals surface area contributed by atoms with Gasteiger partial charge in [0.2, 0.25) is 0 Å². The van der Waals surface area contributed by atoms with Gasteiger partial charge >= 0.3 is 0 Å². The molecule has 2 aromatic carbocycles. The molecule has 0 spiro atoms. The van der Waals surface area contributed by atoms with Crippen molar-refractivity contribution >= 4 is 17.3 Å². The fourth-order valence-electron chi connectivity index (χ4n) is 2.02. The first-order chi connectivity index (χ1) is 10.8. The first kappa shape index (κ1) is 14.0. The summed E-state index contributed by atoms with van der Waals surface area (Å²) >= 11 is 0. The third-order valence-corrected chi connectivity index (χ3v) is 3.08. The summed E-state index contributed by atoms with van der Waals surface area (Å²) in [7, 11) is 0. The monoisotopic (exact) mass is 294 g/mol. The van der Waals surface area contributed by atoms with Gasteiger partial charge in [0.25, 0.3) is 0 Å². The molecule has 0 bridgehead atoms. The Morgan fingerprint density at radius 3 is 2.50 bits per heavy atom. The largest absolute Gasteiger partial charge is 0.366 e. The van der Waals surface area contributed by atoms with Crippen LogP contribution < -0.4 is 10.6 Å². The van der Waals surface area contributed by atoms with Crippen molar-refractivity contribution < 1.29 is 4.39 Å². The Bertz CT molecular complexity index is 746. The molecule has 0 aliphatic heterocycles. The van der Waals surface area contributed by atoms with E-state index >= 15 is 0 Å². The molecule has 0 saturated heterocycles. The highest BCUT2D eigenvalue weighted by Crippen LogP contribution is 2.17. The van der Waals surface area contributed by atoms with E-state index in [0.717, 1.165) is 0 Å². The number of aromatic nitrogens is 2. The summed E-state index contributed by atoms with van der Waals surface area (Å²) in [6.07, 6.45) is 1.47. The van der Waals surface area contributed by atoms with Crippen molar-refractivity contribution in [2.45, 2.75) is 6.54 Å². The molecule has 0 atom stereocenters. The van der Waals surface area contributed by atoms with Gasteiger partial charge in [0.1, 0.15) is 23.8 Å². The first-order valence-corrected chi connectivity index (χ1v) is 6.92. The van der Waals surface area contributed by atoms with Crippen molar-refractivity contribution in [1.29, 1.82) is 0 Å². The first-order valence-electron chi connectivity index (χ1n) is 6.92. The van der Waals surface area contributed by atoms with E-state index in [1.54, 1.807) is 18.2 Å². The van der Waals surface area contributed by atoms with Crippen LogP contribution in [0.4, 0.5) is 21.7 Å². The van der Waals surface area contributed by atoms with Crippen molar-refractivity contribution in [3.8, 4) is 0 Å². The van der Waals surface area contributed by atoms with E-state index < -0.39 is 0 Å². The van der Waals surface area contributed by atoms with Gasteiger partial charge < -0.3 is 10.6 Å². The van der Waals surface area contributed by atoms with Gasteiger partial charge in [-0.3, -0.25) is 0 Å². The Hall–Kier alpha value is -2.95. The summed E-state index contributed by atoms with van der Waals surface area (Å²) in [5.41, 5.74) is 1.81. The van der Waals surface area contributed by atoms with Crippen molar-refractivity contribution in [3.05, 3.63) is 78.4 Å². The van der Waals surface area contributed by atoms with Crippen molar-refractivity contribution in [1.82, 2.24) is 9.97 Å². The number of benzene rings is 2. The Kier molecular flexibility index (Phi) is 4.25. The molecule has 0 aliphatic carbocycles. The Morgan fingerprint density at radius 2 is 1.68 bits per heavy atom. The molecule has 22 heavy (non-hydrogen) atoms. The maximum Gasteiger partial charge on any atom is 0.135 e. The fourth-order valence-corrected chi connectivity index (χ4v) is 2.02. The van der Waals surface area contributed by atoms with Crippen LogP contribution in [0.2, 0.25) is 0 Å². The Labute approximate surface area is 128 Å². The lowest BCUT2D eigenvalue weighted by molar-refractivity contribution is 0.628. The zero-order valence-corrected chi connectivity index (χ0v) is 11.8. The molecule has 0 unspecified atom stereocenters. The zero-order valence-electron chi connectivity index (χ0n) is 11.8. The van der Waals surface area contributed by atoms with Crippen LogP contribution in [0.5, 0.6) is 0 Å². The third kappa shape index (κ3) is 3.79. The second kappa shape index (κ2) is 6.67. The Balaban J connectivity index is 1.67. The fraction of sp³-hybridized carbons (Fsp3) is 0.0588. The summed E-state index contributed by atoms with van der Waals surface area (Å²) in [6.45, 7) is 0.678. The number of hydrogen-bond acceptors (Lipinski definition) is 4. The highest BCUT2D eigenvalue weighted by Gasteiger charge is 2.01. The molecule has 0 fully saturated rings. The van der Waals surface area contributed by atoms with Crippen LogP contribution in [-0.4, -0.2) is 9.97 Å². The maximum absolute atomic E-state index is 13.2. The molecule has 0 amide bonds. The molecule has 1 heterocycles. The van der Waals surface area contributed by atoms with Crippen LogP contribution in [0, 0.1) is 5.82 Å². The molecule has 2 N–H and O–H groups in total. The number of rotatable bonds is 5. The summed E-state index contributed by atoms with van der Waals surface area (Å²) in [5.74, 6) is 1.02. The molecule has 1 aromatic heterocycles. The van der Waals surface area contributed by atoms with Gasteiger partial charge in [-0.15, -0.1) is 0 Å². The van der Waals surface area contributed by atoms with Crippen molar-refractivity contribution in [2.75, 3.05) is 10.6 Å². The number of halogens is 1. The Morgan fingerprint density at radius 1 is 0.864 bits per heavy atom. The van der Waals surface area contributed by atoms with Crippen LogP contribution in [0.1, 0.15) is 5.56 Å². The van der Waals surface area contributed by atoms with Crippen LogP contribution in [0.15, 0.2) is 67.0 Å². The average molecular weight is 294 g/mol. The van der Waals surface area contributed by atoms with Crippen LogP contribution >= 0.6 is 0 Å². The van der Waals surface area contributed by atoms with Gasteiger partial charge in [-0.05, 0) is 23.8 Å². The number of nitrogens with one attached hydrogen (secondary N) is 2.